The summed E-state index contributed by atoms with van der Waals surface area (Å²) in [5.74, 6) is 1.42. The number of thioether (sulfide) groups is 2. The van der Waals surface area contributed by atoms with Crippen LogP contribution in [-0.2, 0) is 14.4 Å². The zero-order valence-corrected chi connectivity index (χ0v) is 12.0. The van der Waals surface area contributed by atoms with Gasteiger partial charge in [-0.1, -0.05) is 0 Å². The predicted molar refractivity (Wildman–Crippen MR) is 74.1 cm³/mol. The molecule has 2 amide bonds. The monoisotopic (exact) mass is 304 g/mol. The van der Waals surface area contributed by atoms with E-state index in [1.807, 2.05) is 0 Å². The number of aliphatic carboxylic acids is 1. The molecule has 0 radical (unpaired) electrons. The molecule has 2 rings (SSSR count). The van der Waals surface area contributed by atoms with Gasteiger partial charge in [-0.25, -0.2) is 0 Å². The third kappa shape index (κ3) is 3.79. The van der Waals surface area contributed by atoms with Gasteiger partial charge in [0.15, 0.2) is 0 Å². The summed E-state index contributed by atoms with van der Waals surface area (Å²) in [7, 11) is 0. The summed E-state index contributed by atoms with van der Waals surface area (Å²) in [6.07, 6.45) is -0.0264. The highest BCUT2D eigenvalue weighted by molar-refractivity contribution is 8.00. The largest absolute Gasteiger partial charge is 0.481 e. The Balaban J connectivity index is 1.94. The topological polar surface area (TPSA) is 77.9 Å². The number of carbonyl (C=O) groups excluding carboxylic acids is 2. The van der Waals surface area contributed by atoms with Crippen LogP contribution in [0.25, 0.3) is 0 Å². The lowest BCUT2D eigenvalue weighted by Gasteiger charge is -2.35. The maximum absolute atomic E-state index is 12.2. The zero-order chi connectivity index (χ0) is 13.8. The number of amides is 2. The highest BCUT2D eigenvalue weighted by Gasteiger charge is 2.31. The molecule has 0 aromatic heterocycles. The lowest BCUT2D eigenvalue weighted by atomic mass is 10.2. The van der Waals surface area contributed by atoms with E-state index in [0.29, 0.717) is 23.9 Å². The summed E-state index contributed by atoms with van der Waals surface area (Å²) in [6, 6.07) is -0.255. The van der Waals surface area contributed by atoms with E-state index in [4.69, 9.17) is 5.11 Å². The molecule has 6 nitrogen and oxygen atoms in total. The molecular formula is C11H16N2O4S2. The van der Waals surface area contributed by atoms with Crippen LogP contribution in [0.2, 0.25) is 0 Å². The molecule has 0 aliphatic carbocycles. The SMILES string of the molecule is O=C(O)CC1CSCCN1C(=O)CN1CSCC1=O. The summed E-state index contributed by atoms with van der Waals surface area (Å²) in [6.45, 7) is 0.642. The maximum atomic E-state index is 12.2. The Hall–Kier alpha value is -0.890. The van der Waals surface area contributed by atoms with Gasteiger partial charge in [0.25, 0.3) is 0 Å². The van der Waals surface area contributed by atoms with Gasteiger partial charge >= 0.3 is 5.97 Å². The summed E-state index contributed by atoms with van der Waals surface area (Å²) in [5.41, 5.74) is 0. The minimum atomic E-state index is -0.891. The minimum absolute atomic E-state index is 0.0143. The van der Waals surface area contributed by atoms with Crippen molar-refractivity contribution in [3.63, 3.8) is 0 Å². The Labute approximate surface area is 119 Å². The Kier molecular flexibility index (Phi) is 4.98. The standard InChI is InChI=1S/C11H16N2O4S2/c14-9(4-12-7-19-6-10(12)15)13-1-2-18-5-8(13)3-11(16)17/h8H,1-7H2,(H,16,17). The van der Waals surface area contributed by atoms with Crippen molar-refractivity contribution in [2.45, 2.75) is 12.5 Å². The van der Waals surface area contributed by atoms with Crippen LogP contribution in [0.15, 0.2) is 0 Å². The van der Waals surface area contributed by atoms with Crippen molar-refractivity contribution in [1.29, 1.82) is 0 Å². The summed E-state index contributed by atoms with van der Waals surface area (Å²) in [4.78, 5) is 37.7. The molecule has 2 saturated heterocycles. The van der Waals surface area contributed by atoms with E-state index in [2.05, 4.69) is 0 Å². The van der Waals surface area contributed by atoms with Crippen LogP contribution in [-0.4, -0.2) is 75.0 Å². The number of carboxylic acid groups (broad SMARTS) is 1. The van der Waals surface area contributed by atoms with Gasteiger partial charge < -0.3 is 14.9 Å². The third-order valence-electron chi connectivity index (χ3n) is 3.11. The van der Waals surface area contributed by atoms with E-state index >= 15 is 0 Å². The van der Waals surface area contributed by atoms with Crippen LogP contribution >= 0.6 is 23.5 Å². The van der Waals surface area contributed by atoms with Crippen LogP contribution in [0.1, 0.15) is 6.42 Å². The zero-order valence-electron chi connectivity index (χ0n) is 10.4. The number of nitrogens with zero attached hydrogens (tertiary/aromatic N) is 2. The average molecular weight is 304 g/mol. The molecule has 0 aromatic rings. The van der Waals surface area contributed by atoms with Crippen molar-refractivity contribution < 1.29 is 19.5 Å². The normalized spacial score (nSPS) is 23.8. The van der Waals surface area contributed by atoms with Crippen LogP contribution < -0.4 is 0 Å². The molecule has 1 atom stereocenters. The molecule has 0 saturated carbocycles. The number of carbonyl (C=O) groups is 3. The third-order valence-corrected chi connectivity index (χ3v) is 5.15. The number of hydrogen-bond donors (Lipinski definition) is 1. The van der Waals surface area contributed by atoms with Gasteiger partial charge in [0.2, 0.25) is 11.8 Å². The Bertz CT molecular complexity index is 391. The molecule has 2 fully saturated rings. The first-order valence-corrected chi connectivity index (χ1v) is 8.33. The molecule has 0 bridgehead atoms. The van der Waals surface area contributed by atoms with E-state index in [9.17, 15) is 14.4 Å². The Morgan fingerprint density at radius 1 is 1.37 bits per heavy atom. The second-order valence-electron chi connectivity index (χ2n) is 4.48. The molecule has 8 heteroatoms. The van der Waals surface area contributed by atoms with Crippen molar-refractivity contribution in [2.75, 3.05) is 36.2 Å². The number of hydrogen-bond acceptors (Lipinski definition) is 5. The fourth-order valence-corrected chi connectivity index (χ4v) is 4.11. The maximum Gasteiger partial charge on any atom is 0.305 e. The fraction of sp³-hybridized carbons (Fsp3) is 0.727. The van der Waals surface area contributed by atoms with E-state index in [1.54, 1.807) is 16.7 Å². The van der Waals surface area contributed by atoms with Gasteiger partial charge in [0.05, 0.1) is 24.1 Å². The first kappa shape index (κ1) is 14.5. The first-order valence-electron chi connectivity index (χ1n) is 6.02. The van der Waals surface area contributed by atoms with Gasteiger partial charge in [0.1, 0.15) is 6.54 Å². The number of rotatable bonds is 4. The number of carboxylic acids is 1. The van der Waals surface area contributed by atoms with Gasteiger partial charge in [-0.3, -0.25) is 14.4 Å². The van der Waals surface area contributed by atoms with Crippen LogP contribution in [0, 0.1) is 0 Å². The highest BCUT2D eigenvalue weighted by atomic mass is 32.2. The molecule has 2 heterocycles. The Morgan fingerprint density at radius 2 is 2.16 bits per heavy atom. The Morgan fingerprint density at radius 3 is 2.79 bits per heavy atom. The molecule has 1 unspecified atom stereocenters. The molecule has 2 aliphatic rings. The van der Waals surface area contributed by atoms with E-state index in [-0.39, 0.29) is 30.8 Å². The van der Waals surface area contributed by atoms with E-state index in [1.165, 1.54) is 16.7 Å². The minimum Gasteiger partial charge on any atom is -0.481 e. The lowest BCUT2D eigenvalue weighted by Crippen LogP contribution is -2.50. The van der Waals surface area contributed by atoms with Crippen molar-refractivity contribution in [3.8, 4) is 0 Å². The quantitative estimate of drug-likeness (QED) is 0.784. The first-order chi connectivity index (χ1) is 9.08. The van der Waals surface area contributed by atoms with Gasteiger partial charge in [-0.2, -0.15) is 11.8 Å². The predicted octanol–water partition coefficient (Wildman–Crippen LogP) is -0.0620. The smallest absolute Gasteiger partial charge is 0.305 e. The molecule has 0 spiro atoms. The lowest BCUT2D eigenvalue weighted by molar-refractivity contribution is -0.142. The fourth-order valence-electron chi connectivity index (χ4n) is 2.15. The molecule has 106 valence electrons. The van der Waals surface area contributed by atoms with Crippen molar-refractivity contribution in [3.05, 3.63) is 0 Å². The van der Waals surface area contributed by atoms with Crippen LogP contribution in [0.5, 0.6) is 0 Å². The molecular weight excluding hydrogens is 288 g/mol. The summed E-state index contributed by atoms with van der Waals surface area (Å²) >= 11 is 3.17. The molecule has 19 heavy (non-hydrogen) atoms. The molecule has 2 aliphatic heterocycles. The van der Waals surface area contributed by atoms with Crippen LogP contribution in [0.3, 0.4) is 0 Å². The molecule has 0 aromatic carbocycles. The second-order valence-corrected chi connectivity index (χ2v) is 6.59. The van der Waals surface area contributed by atoms with Crippen molar-refractivity contribution in [1.82, 2.24) is 9.80 Å². The highest BCUT2D eigenvalue weighted by Crippen LogP contribution is 2.21. The van der Waals surface area contributed by atoms with Gasteiger partial charge in [-0.15, -0.1) is 11.8 Å². The van der Waals surface area contributed by atoms with E-state index < -0.39 is 5.97 Å². The van der Waals surface area contributed by atoms with Crippen molar-refractivity contribution in [2.24, 2.45) is 0 Å². The van der Waals surface area contributed by atoms with Crippen LogP contribution in [0.4, 0.5) is 0 Å². The summed E-state index contributed by atoms with van der Waals surface area (Å²) in [5, 5.41) is 8.88. The molecule has 1 N–H and O–H groups in total. The average Bonchev–Trinajstić information content (AvgIpc) is 2.75. The van der Waals surface area contributed by atoms with Gasteiger partial charge in [0, 0.05) is 18.1 Å². The van der Waals surface area contributed by atoms with E-state index in [0.717, 1.165) is 5.75 Å². The van der Waals surface area contributed by atoms with Crippen molar-refractivity contribution >= 4 is 41.3 Å². The summed E-state index contributed by atoms with van der Waals surface area (Å²) < 4.78 is 0. The van der Waals surface area contributed by atoms with Gasteiger partial charge in [-0.05, 0) is 0 Å². The second kappa shape index (κ2) is 6.51.